The van der Waals surface area contributed by atoms with E-state index in [2.05, 4.69) is 40.6 Å². The minimum Gasteiger partial charge on any atom is -0.491 e. The first-order valence-electron chi connectivity index (χ1n) is 5.95. The molecule has 0 saturated heterocycles. The molecule has 2 heterocycles. The number of methoxy groups -OCH3 is 1. The first kappa shape index (κ1) is 12.8. The number of hydrogen-bond donors (Lipinski definition) is 1. The molecule has 0 fully saturated rings. The Bertz CT molecular complexity index is 525. The van der Waals surface area contributed by atoms with Crippen LogP contribution in [0.2, 0.25) is 0 Å². The van der Waals surface area contributed by atoms with Crippen molar-refractivity contribution < 1.29 is 4.74 Å². The van der Waals surface area contributed by atoms with Crippen molar-refractivity contribution in [3.8, 4) is 17.0 Å². The first-order valence-corrected chi connectivity index (χ1v) is 6.83. The van der Waals surface area contributed by atoms with Crippen molar-refractivity contribution in [1.82, 2.24) is 9.97 Å². The first-order chi connectivity index (χ1) is 8.77. The van der Waals surface area contributed by atoms with Gasteiger partial charge in [0.1, 0.15) is 12.0 Å². The summed E-state index contributed by atoms with van der Waals surface area (Å²) in [4.78, 5) is 9.83. The number of aromatic nitrogens is 2. The Labute approximate surface area is 111 Å². The fourth-order valence-corrected chi connectivity index (χ4v) is 2.46. The molecule has 0 saturated carbocycles. The lowest BCUT2D eigenvalue weighted by Gasteiger charge is -2.12. The van der Waals surface area contributed by atoms with Gasteiger partial charge in [-0.25, -0.2) is 9.97 Å². The number of nitrogens with zero attached hydrogens (tertiary/aromatic N) is 2. The number of rotatable bonds is 5. The molecule has 18 heavy (non-hydrogen) atoms. The molecule has 1 N–H and O–H groups in total. The zero-order valence-electron chi connectivity index (χ0n) is 10.9. The van der Waals surface area contributed by atoms with Gasteiger partial charge in [0.25, 0.3) is 0 Å². The fraction of sp³-hybridized carbons (Fsp3) is 0.385. The summed E-state index contributed by atoms with van der Waals surface area (Å²) >= 11 is 1.71. The van der Waals surface area contributed by atoms with Crippen LogP contribution in [-0.2, 0) is 0 Å². The van der Waals surface area contributed by atoms with Gasteiger partial charge in [-0.15, -0.1) is 11.3 Å². The fourth-order valence-electron chi connectivity index (χ4n) is 1.76. The van der Waals surface area contributed by atoms with Crippen LogP contribution in [0.5, 0.6) is 5.75 Å². The molecule has 5 heteroatoms. The van der Waals surface area contributed by atoms with Gasteiger partial charge < -0.3 is 10.1 Å². The predicted molar refractivity (Wildman–Crippen MR) is 75.4 cm³/mol. The molecule has 0 unspecified atom stereocenters. The van der Waals surface area contributed by atoms with E-state index >= 15 is 0 Å². The molecule has 0 bridgehead atoms. The molecule has 0 atom stereocenters. The van der Waals surface area contributed by atoms with Crippen LogP contribution < -0.4 is 10.1 Å². The number of ether oxygens (including phenoxy) is 1. The second-order valence-corrected chi connectivity index (χ2v) is 5.04. The number of thiophene rings is 1. The van der Waals surface area contributed by atoms with Crippen molar-refractivity contribution in [2.45, 2.75) is 20.3 Å². The van der Waals surface area contributed by atoms with Crippen LogP contribution in [0.4, 0.5) is 5.82 Å². The highest BCUT2D eigenvalue weighted by atomic mass is 32.1. The maximum atomic E-state index is 5.47. The van der Waals surface area contributed by atoms with Crippen molar-refractivity contribution in [1.29, 1.82) is 0 Å². The van der Waals surface area contributed by atoms with Gasteiger partial charge >= 0.3 is 0 Å². The van der Waals surface area contributed by atoms with E-state index in [1.165, 1.54) is 4.88 Å². The summed E-state index contributed by atoms with van der Waals surface area (Å²) in [5.41, 5.74) is 1.96. The zero-order chi connectivity index (χ0) is 13.0. The van der Waals surface area contributed by atoms with Gasteiger partial charge in [-0.05, 0) is 24.8 Å². The summed E-state index contributed by atoms with van der Waals surface area (Å²) in [6.07, 6.45) is 2.62. The lowest BCUT2D eigenvalue weighted by Crippen LogP contribution is -2.05. The van der Waals surface area contributed by atoms with Gasteiger partial charge in [-0.1, -0.05) is 6.92 Å². The number of aryl methyl sites for hydroxylation is 1. The van der Waals surface area contributed by atoms with E-state index in [-0.39, 0.29) is 0 Å². The van der Waals surface area contributed by atoms with Crippen LogP contribution in [0.3, 0.4) is 0 Å². The van der Waals surface area contributed by atoms with E-state index in [0.717, 1.165) is 30.0 Å². The van der Waals surface area contributed by atoms with Gasteiger partial charge in [-0.2, -0.15) is 0 Å². The molecule has 0 amide bonds. The predicted octanol–water partition coefficient (Wildman–Crippen LogP) is 3.34. The smallest absolute Gasteiger partial charge is 0.187 e. The van der Waals surface area contributed by atoms with E-state index in [4.69, 9.17) is 4.74 Å². The third-order valence-corrected chi connectivity index (χ3v) is 3.51. The van der Waals surface area contributed by atoms with Crippen LogP contribution >= 0.6 is 11.3 Å². The molecule has 0 aliphatic carbocycles. The van der Waals surface area contributed by atoms with Gasteiger partial charge in [0.05, 0.1) is 7.11 Å². The minimum atomic E-state index is 0.715. The summed E-state index contributed by atoms with van der Waals surface area (Å²) in [5, 5.41) is 5.32. The molecule has 2 aromatic rings. The largest absolute Gasteiger partial charge is 0.491 e. The molecule has 0 aliphatic rings. The maximum absolute atomic E-state index is 5.47. The Hall–Kier alpha value is -1.62. The number of nitrogens with one attached hydrogen (secondary N) is 1. The molecule has 0 radical (unpaired) electrons. The van der Waals surface area contributed by atoms with Crippen molar-refractivity contribution >= 4 is 17.2 Å². The molecule has 2 rings (SSSR count). The SMILES string of the molecule is CCCNc1ncnc(-c2ccsc2C)c1OC. The molecule has 0 spiro atoms. The van der Waals surface area contributed by atoms with Crippen molar-refractivity contribution in [3.63, 3.8) is 0 Å². The average Bonchev–Trinajstić information content (AvgIpc) is 2.81. The van der Waals surface area contributed by atoms with E-state index in [0.29, 0.717) is 5.75 Å². The highest BCUT2D eigenvalue weighted by molar-refractivity contribution is 7.10. The molecule has 0 aliphatic heterocycles. The lowest BCUT2D eigenvalue weighted by molar-refractivity contribution is 0.414. The number of anilines is 1. The summed E-state index contributed by atoms with van der Waals surface area (Å²) in [5.74, 6) is 1.47. The zero-order valence-corrected chi connectivity index (χ0v) is 11.7. The van der Waals surface area contributed by atoms with Crippen LogP contribution in [0.15, 0.2) is 17.8 Å². The molecule has 0 aromatic carbocycles. The van der Waals surface area contributed by atoms with Gasteiger partial charge in [0.2, 0.25) is 0 Å². The monoisotopic (exact) mass is 263 g/mol. The van der Waals surface area contributed by atoms with Gasteiger partial charge in [-0.3, -0.25) is 0 Å². The van der Waals surface area contributed by atoms with Crippen molar-refractivity contribution in [2.24, 2.45) is 0 Å². The summed E-state index contributed by atoms with van der Waals surface area (Å²) < 4.78 is 5.47. The van der Waals surface area contributed by atoms with E-state index < -0.39 is 0 Å². The minimum absolute atomic E-state index is 0.715. The maximum Gasteiger partial charge on any atom is 0.187 e. The van der Waals surface area contributed by atoms with Crippen LogP contribution in [0, 0.1) is 6.92 Å². The Kier molecular flexibility index (Phi) is 4.15. The molecular formula is C13H17N3OS. The summed E-state index contributed by atoms with van der Waals surface area (Å²) in [6, 6.07) is 2.06. The Morgan fingerprint density at radius 2 is 2.22 bits per heavy atom. The topological polar surface area (TPSA) is 47.0 Å². The Morgan fingerprint density at radius 3 is 2.83 bits per heavy atom. The van der Waals surface area contributed by atoms with E-state index in [1.54, 1.807) is 24.8 Å². The lowest BCUT2D eigenvalue weighted by atomic mass is 10.1. The third kappa shape index (κ3) is 2.46. The second-order valence-electron chi connectivity index (χ2n) is 3.92. The van der Waals surface area contributed by atoms with Crippen molar-refractivity contribution in [3.05, 3.63) is 22.7 Å². The normalized spacial score (nSPS) is 10.4. The highest BCUT2D eigenvalue weighted by Crippen LogP contribution is 2.36. The quantitative estimate of drug-likeness (QED) is 0.898. The highest BCUT2D eigenvalue weighted by Gasteiger charge is 2.15. The second kappa shape index (κ2) is 5.82. The van der Waals surface area contributed by atoms with E-state index in [1.807, 2.05) is 0 Å². The summed E-state index contributed by atoms with van der Waals surface area (Å²) in [6.45, 7) is 5.07. The third-order valence-electron chi connectivity index (χ3n) is 2.66. The number of hydrogen-bond acceptors (Lipinski definition) is 5. The van der Waals surface area contributed by atoms with Crippen LogP contribution in [0.1, 0.15) is 18.2 Å². The molecule has 96 valence electrons. The standard InChI is InChI=1S/C13H17N3OS/c1-4-6-14-13-12(17-3)11(15-8-16-13)10-5-7-18-9(10)2/h5,7-8H,4,6H2,1-3H3,(H,14,15,16). The Balaban J connectivity index is 2.45. The van der Waals surface area contributed by atoms with Crippen molar-refractivity contribution in [2.75, 3.05) is 19.0 Å². The molecular weight excluding hydrogens is 246 g/mol. The van der Waals surface area contributed by atoms with E-state index in [9.17, 15) is 0 Å². The average molecular weight is 263 g/mol. The molecule has 2 aromatic heterocycles. The Morgan fingerprint density at radius 1 is 1.39 bits per heavy atom. The van der Waals surface area contributed by atoms with Crippen LogP contribution in [0.25, 0.3) is 11.3 Å². The molecule has 4 nitrogen and oxygen atoms in total. The van der Waals surface area contributed by atoms with Gasteiger partial charge in [0, 0.05) is 17.0 Å². The van der Waals surface area contributed by atoms with Crippen LogP contribution in [-0.4, -0.2) is 23.6 Å². The van der Waals surface area contributed by atoms with Gasteiger partial charge in [0.15, 0.2) is 11.6 Å². The summed E-state index contributed by atoms with van der Waals surface area (Å²) in [7, 11) is 1.65.